The summed E-state index contributed by atoms with van der Waals surface area (Å²) in [7, 11) is 0. The number of benzene rings is 1. The lowest BCUT2D eigenvalue weighted by Gasteiger charge is -2.49. The summed E-state index contributed by atoms with van der Waals surface area (Å²) in [6.45, 7) is 8.18. The molecule has 0 bridgehead atoms. The predicted octanol–water partition coefficient (Wildman–Crippen LogP) is 4.74. The van der Waals surface area contributed by atoms with Gasteiger partial charge in [-0.25, -0.2) is 5.84 Å². The lowest BCUT2D eigenvalue weighted by Crippen LogP contribution is -2.61. The number of carbonyl (C=O) groups excluding carboxylic acids is 1. The molecular weight excluding hydrogens is 358 g/mol. The Morgan fingerprint density at radius 3 is 2.72 bits per heavy atom. The number of nitrogens with zero attached hydrogens (tertiary/aromatic N) is 1. The third-order valence-electron chi connectivity index (χ3n) is 6.37. The molecule has 3 atom stereocenters. The van der Waals surface area contributed by atoms with Crippen molar-refractivity contribution in [3.8, 4) is 0 Å². The van der Waals surface area contributed by atoms with Crippen LogP contribution in [-0.2, 0) is 4.79 Å². The van der Waals surface area contributed by atoms with Gasteiger partial charge in [-0.15, -0.1) is 0 Å². The first-order valence-corrected chi connectivity index (χ1v) is 10.5. The molecule has 3 N–H and O–H groups in total. The van der Waals surface area contributed by atoms with E-state index in [9.17, 15) is 4.79 Å². The molecule has 1 aromatic rings. The van der Waals surface area contributed by atoms with Crippen molar-refractivity contribution in [3.05, 3.63) is 83.2 Å². The number of Topliss-reactive ketones (excluding diaryl/α,β-unsaturated/α-hetero) is 1. The van der Waals surface area contributed by atoms with Crippen LogP contribution in [0.3, 0.4) is 0 Å². The molecule has 1 saturated heterocycles. The molecule has 3 rings (SSSR count). The average Bonchev–Trinajstić information content (AvgIpc) is 3.04. The maximum Gasteiger partial charge on any atom is 0.169 e. The van der Waals surface area contributed by atoms with E-state index in [0.29, 0.717) is 5.57 Å². The van der Waals surface area contributed by atoms with E-state index in [1.54, 1.807) is 5.01 Å². The van der Waals surface area contributed by atoms with Gasteiger partial charge in [0.25, 0.3) is 0 Å². The first-order valence-electron chi connectivity index (χ1n) is 10.5. The minimum absolute atomic E-state index is 0.0959. The van der Waals surface area contributed by atoms with Gasteiger partial charge in [-0.3, -0.25) is 9.80 Å². The minimum atomic E-state index is -0.229. The summed E-state index contributed by atoms with van der Waals surface area (Å²) in [5, 5.41) is 5.37. The van der Waals surface area contributed by atoms with Crippen LogP contribution in [0.5, 0.6) is 0 Å². The number of hydrogen-bond donors (Lipinski definition) is 2. The molecule has 0 amide bonds. The molecule has 0 saturated carbocycles. The largest absolute Gasteiger partial charge is 0.363 e. The van der Waals surface area contributed by atoms with Crippen LogP contribution in [0.4, 0.5) is 0 Å². The second-order valence-electron chi connectivity index (χ2n) is 8.32. The van der Waals surface area contributed by atoms with Crippen LogP contribution >= 0.6 is 0 Å². The van der Waals surface area contributed by atoms with E-state index in [1.807, 2.05) is 44.2 Å². The van der Waals surface area contributed by atoms with Gasteiger partial charge in [0.1, 0.15) is 5.82 Å². The maximum atomic E-state index is 13.3. The Balaban J connectivity index is 1.97. The Morgan fingerprint density at radius 1 is 1.31 bits per heavy atom. The third kappa shape index (κ3) is 4.38. The van der Waals surface area contributed by atoms with Crippen molar-refractivity contribution in [1.82, 2.24) is 10.3 Å². The molecule has 3 unspecified atom stereocenters. The van der Waals surface area contributed by atoms with Crippen LogP contribution in [0.1, 0.15) is 58.4 Å². The molecule has 0 spiro atoms. The molecule has 4 heteroatoms. The second-order valence-corrected chi connectivity index (χ2v) is 8.32. The van der Waals surface area contributed by atoms with Crippen LogP contribution in [0.25, 0.3) is 0 Å². The van der Waals surface area contributed by atoms with Crippen molar-refractivity contribution in [1.29, 1.82) is 0 Å². The van der Waals surface area contributed by atoms with Crippen molar-refractivity contribution in [2.75, 3.05) is 0 Å². The molecule has 29 heavy (non-hydrogen) atoms. The highest BCUT2D eigenvalue weighted by molar-refractivity contribution is 6.00. The van der Waals surface area contributed by atoms with Gasteiger partial charge < -0.3 is 5.32 Å². The van der Waals surface area contributed by atoms with Gasteiger partial charge in [0.15, 0.2) is 5.78 Å². The summed E-state index contributed by atoms with van der Waals surface area (Å²) < 4.78 is 0. The summed E-state index contributed by atoms with van der Waals surface area (Å²) in [5.41, 5.74) is 2.70. The van der Waals surface area contributed by atoms with E-state index in [2.05, 4.69) is 49.5 Å². The van der Waals surface area contributed by atoms with Crippen molar-refractivity contribution < 1.29 is 4.79 Å². The number of hydrazine groups is 1. The Morgan fingerprint density at radius 2 is 2.03 bits per heavy atom. The number of ketones is 1. The van der Waals surface area contributed by atoms with Crippen LogP contribution in [0, 0.1) is 0 Å². The highest BCUT2D eigenvalue weighted by Gasteiger charge is 2.40. The van der Waals surface area contributed by atoms with Gasteiger partial charge >= 0.3 is 0 Å². The first kappa shape index (κ1) is 21.1. The van der Waals surface area contributed by atoms with Crippen molar-refractivity contribution in [3.63, 3.8) is 0 Å². The molecule has 2 aliphatic rings. The molecule has 1 aliphatic heterocycles. The van der Waals surface area contributed by atoms with Crippen molar-refractivity contribution in [2.45, 2.75) is 64.5 Å². The Hall–Kier alpha value is -2.59. The fourth-order valence-electron chi connectivity index (χ4n) is 4.06. The van der Waals surface area contributed by atoms with Gasteiger partial charge in [0.05, 0.1) is 11.6 Å². The van der Waals surface area contributed by atoms with Gasteiger partial charge in [0.2, 0.25) is 0 Å². The molecule has 0 aromatic heterocycles. The first-order chi connectivity index (χ1) is 13.9. The summed E-state index contributed by atoms with van der Waals surface area (Å²) in [4.78, 5) is 13.3. The lowest BCUT2D eigenvalue weighted by molar-refractivity contribution is -0.116. The number of carbonyl (C=O) groups is 1. The fourth-order valence-corrected chi connectivity index (χ4v) is 4.06. The van der Waals surface area contributed by atoms with Gasteiger partial charge in [-0.2, -0.15) is 0 Å². The van der Waals surface area contributed by atoms with Gasteiger partial charge in [-0.05, 0) is 44.2 Å². The number of hydrogen-bond acceptors (Lipinski definition) is 4. The number of nitrogens with two attached hydrogens (primary N) is 1. The average molecular weight is 392 g/mol. The topological polar surface area (TPSA) is 58.4 Å². The second kappa shape index (κ2) is 8.83. The van der Waals surface area contributed by atoms with E-state index >= 15 is 0 Å². The monoisotopic (exact) mass is 391 g/mol. The Labute approximate surface area is 174 Å². The highest BCUT2D eigenvalue weighted by atomic mass is 16.1. The zero-order valence-electron chi connectivity index (χ0n) is 18.0. The number of nitrogens with one attached hydrogen (secondary N) is 1. The lowest BCUT2D eigenvalue weighted by atomic mass is 9.83. The van der Waals surface area contributed by atoms with Crippen molar-refractivity contribution in [2.24, 2.45) is 5.84 Å². The fraction of sp³-hybridized carbons (Fsp3) is 0.400. The number of rotatable bonds is 5. The van der Waals surface area contributed by atoms with Gasteiger partial charge in [0, 0.05) is 11.5 Å². The Kier molecular flexibility index (Phi) is 6.43. The SMILES string of the molecule is CCC1(C)CC(C2=CC=CCC=C2)N/C(=C(/C)C(=O)C(C)c2ccccc2)N1N. The minimum Gasteiger partial charge on any atom is -0.363 e. The molecule has 0 radical (unpaired) electrons. The zero-order chi connectivity index (χ0) is 21.0. The molecule has 4 nitrogen and oxygen atoms in total. The quantitative estimate of drug-likeness (QED) is 0.562. The van der Waals surface area contributed by atoms with Crippen LogP contribution in [-0.4, -0.2) is 22.4 Å². The van der Waals surface area contributed by atoms with E-state index in [0.717, 1.165) is 30.6 Å². The molecule has 1 aromatic carbocycles. The summed E-state index contributed by atoms with van der Waals surface area (Å²) in [5.74, 6) is 7.19. The van der Waals surface area contributed by atoms with E-state index < -0.39 is 0 Å². The van der Waals surface area contributed by atoms with E-state index in [1.165, 1.54) is 5.57 Å². The molecule has 154 valence electrons. The van der Waals surface area contributed by atoms with Gasteiger partial charge in [-0.1, -0.05) is 74.6 Å². The summed E-state index contributed by atoms with van der Waals surface area (Å²) in [6.07, 6.45) is 13.5. The summed E-state index contributed by atoms with van der Waals surface area (Å²) in [6, 6.07) is 10.0. The molecule has 1 aliphatic carbocycles. The van der Waals surface area contributed by atoms with Crippen LogP contribution in [0.2, 0.25) is 0 Å². The Bertz CT molecular complexity index is 865. The van der Waals surface area contributed by atoms with Crippen LogP contribution in [0.15, 0.2) is 77.7 Å². The number of allylic oxidation sites excluding steroid dienone is 5. The zero-order valence-corrected chi connectivity index (χ0v) is 18.0. The normalized spacial score (nSPS) is 27.0. The maximum absolute atomic E-state index is 13.3. The van der Waals surface area contributed by atoms with Crippen molar-refractivity contribution >= 4 is 5.78 Å². The third-order valence-corrected chi connectivity index (χ3v) is 6.37. The van der Waals surface area contributed by atoms with E-state index in [-0.39, 0.29) is 23.3 Å². The molecular formula is C25H33N3O. The van der Waals surface area contributed by atoms with E-state index in [4.69, 9.17) is 5.84 Å². The molecule has 1 fully saturated rings. The smallest absolute Gasteiger partial charge is 0.169 e. The van der Waals surface area contributed by atoms with Crippen LogP contribution < -0.4 is 11.2 Å². The standard InChI is InChI=1S/C25H33N3O/c1-5-25(4)17-22(21-15-9-6-7-10-16-21)27-24(28(25)26)19(3)23(29)18(2)20-13-11-8-12-14-20/h6,8-16,18,22,27H,5,7,17,26H2,1-4H3/b24-19+. The highest BCUT2D eigenvalue weighted by Crippen LogP contribution is 2.35. The summed E-state index contributed by atoms with van der Waals surface area (Å²) >= 11 is 0. The predicted molar refractivity (Wildman–Crippen MR) is 120 cm³/mol. The molecule has 1 heterocycles.